The Hall–Kier alpha value is -2.50. The van der Waals surface area contributed by atoms with Crippen molar-refractivity contribution in [2.24, 2.45) is 0 Å². The number of nitrogens with zero attached hydrogens (tertiary/aromatic N) is 1. The van der Waals surface area contributed by atoms with Gasteiger partial charge in [0.25, 0.3) is 5.69 Å². The molecule has 1 aliphatic carbocycles. The number of rotatable bonds is 6. The van der Waals surface area contributed by atoms with Crippen LogP contribution >= 0.6 is 0 Å². The third kappa shape index (κ3) is 3.09. The number of hydrogen-bond acceptors (Lipinski definition) is 4. The molecule has 0 saturated heterocycles. The van der Waals surface area contributed by atoms with Crippen molar-refractivity contribution in [3.63, 3.8) is 0 Å². The summed E-state index contributed by atoms with van der Waals surface area (Å²) in [6, 6.07) is 14.8. The second-order valence-electron chi connectivity index (χ2n) is 6.00. The minimum Gasteiger partial charge on any atom is -0.394 e. The number of fused-ring (bicyclic) bond motifs is 1. The average molecular weight is 324 g/mol. The zero-order chi connectivity index (χ0) is 17.0. The van der Waals surface area contributed by atoms with Crippen molar-refractivity contribution in [2.45, 2.75) is 18.4 Å². The summed E-state index contributed by atoms with van der Waals surface area (Å²) in [5.41, 5.74) is 2.66. The van der Waals surface area contributed by atoms with Gasteiger partial charge in [0.05, 0.1) is 22.6 Å². The van der Waals surface area contributed by atoms with Crippen LogP contribution in [-0.4, -0.2) is 23.2 Å². The Morgan fingerprint density at radius 1 is 1.21 bits per heavy atom. The third-order valence-electron chi connectivity index (χ3n) is 4.61. The van der Waals surface area contributed by atoms with E-state index in [1.54, 1.807) is 24.3 Å². The van der Waals surface area contributed by atoms with Crippen LogP contribution in [0.25, 0.3) is 6.08 Å². The maximum atomic E-state index is 11.0. The Morgan fingerprint density at radius 2 is 1.96 bits per heavy atom. The number of aryl methyl sites for hydroxylation is 1. The predicted octanol–water partition coefficient (Wildman–Crippen LogP) is 3.03. The highest BCUT2D eigenvalue weighted by atomic mass is 16.6. The summed E-state index contributed by atoms with van der Waals surface area (Å²) in [5, 5.41) is 24.4. The lowest BCUT2D eigenvalue weighted by Gasteiger charge is -2.29. The average Bonchev–Trinajstić information content (AvgIpc) is 2.98. The normalized spacial score (nSPS) is 19.5. The molecule has 0 spiro atoms. The van der Waals surface area contributed by atoms with Crippen LogP contribution in [0.2, 0.25) is 0 Å². The van der Waals surface area contributed by atoms with Crippen molar-refractivity contribution >= 4 is 11.8 Å². The number of para-hydroxylation sites is 1. The Morgan fingerprint density at radius 3 is 2.75 bits per heavy atom. The molecule has 1 unspecified atom stereocenters. The molecule has 3 rings (SSSR count). The minimum atomic E-state index is -0.427. The topological polar surface area (TPSA) is 75.4 Å². The quantitative estimate of drug-likeness (QED) is 0.632. The van der Waals surface area contributed by atoms with Crippen molar-refractivity contribution < 1.29 is 10.0 Å². The van der Waals surface area contributed by atoms with Gasteiger partial charge in [0, 0.05) is 12.6 Å². The number of nitro benzene ring substituents is 1. The van der Waals surface area contributed by atoms with E-state index in [4.69, 9.17) is 0 Å². The van der Waals surface area contributed by atoms with Crippen LogP contribution in [0.5, 0.6) is 0 Å². The largest absolute Gasteiger partial charge is 0.394 e. The second-order valence-corrected chi connectivity index (χ2v) is 6.00. The van der Waals surface area contributed by atoms with Crippen molar-refractivity contribution in [2.75, 3.05) is 13.2 Å². The lowest BCUT2D eigenvalue weighted by Crippen LogP contribution is -2.43. The van der Waals surface area contributed by atoms with Crippen molar-refractivity contribution in [3.8, 4) is 0 Å². The molecule has 0 heterocycles. The first-order valence-corrected chi connectivity index (χ1v) is 8.00. The van der Waals surface area contributed by atoms with E-state index >= 15 is 0 Å². The zero-order valence-corrected chi connectivity index (χ0v) is 13.3. The van der Waals surface area contributed by atoms with Gasteiger partial charge in [0.15, 0.2) is 0 Å². The van der Waals surface area contributed by atoms with E-state index in [-0.39, 0.29) is 17.2 Å². The number of hydrogen-bond donors (Lipinski definition) is 2. The molecule has 0 aliphatic heterocycles. The standard InChI is InChI=1S/C19H20N2O3/c22-14-19(12-11-15-6-1-3-9-17(15)19)20-13-5-8-16-7-2-4-10-18(16)21(23)24/h1-10,20,22H,11-14H2/b8-5+. The lowest BCUT2D eigenvalue weighted by molar-refractivity contribution is -0.385. The minimum absolute atomic E-state index is 0.0311. The molecule has 0 radical (unpaired) electrons. The molecule has 124 valence electrons. The van der Waals surface area contributed by atoms with Crippen LogP contribution in [0.15, 0.2) is 54.6 Å². The summed E-state index contributed by atoms with van der Waals surface area (Å²) in [6.07, 6.45) is 5.40. The van der Waals surface area contributed by atoms with Crippen LogP contribution in [0, 0.1) is 10.1 Å². The molecule has 5 nitrogen and oxygen atoms in total. The van der Waals surface area contributed by atoms with Crippen LogP contribution in [0.4, 0.5) is 5.69 Å². The number of nitro groups is 1. The SMILES string of the molecule is O=[N+]([O-])c1ccccc1/C=C/CNC1(CO)CCc2ccccc21. The van der Waals surface area contributed by atoms with E-state index in [0.717, 1.165) is 18.4 Å². The molecule has 1 aliphatic rings. The predicted molar refractivity (Wildman–Crippen MR) is 93.7 cm³/mol. The summed E-state index contributed by atoms with van der Waals surface area (Å²) >= 11 is 0. The molecule has 5 heteroatoms. The molecule has 2 aromatic rings. The van der Waals surface area contributed by atoms with E-state index in [2.05, 4.69) is 17.4 Å². The first kappa shape index (κ1) is 16.4. The fourth-order valence-electron chi connectivity index (χ4n) is 3.33. The van der Waals surface area contributed by atoms with Crippen LogP contribution in [-0.2, 0) is 12.0 Å². The fourth-order valence-corrected chi connectivity index (χ4v) is 3.33. The molecule has 0 aromatic heterocycles. The molecule has 0 fully saturated rings. The Bertz CT molecular complexity index is 773. The van der Waals surface area contributed by atoms with Crippen LogP contribution in [0.3, 0.4) is 0 Å². The smallest absolute Gasteiger partial charge is 0.276 e. The van der Waals surface area contributed by atoms with E-state index in [1.165, 1.54) is 11.6 Å². The van der Waals surface area contributed by atoms with E-state index < -0.39 is 5.54 Å². The molecule has 24 heavy (non-hydrogen) atoms. The number of aliphatic hydroxyl groups excluding tert-OH is 1. The summed E-state index contributed by atoms with van der Waals surface area (Å²) < 4.78 is 0. The maximum absolute atomic E-state index is 11.0. The number of benzene rings is 2. The van der Waals surface area contributed by atoms with Gasteiger partial charge < -0.3 is 10.4 Å². The van der Waals surface area contributed by atoms with Gasteiger partial charge in [-0.3, -0.25) is 10.1 Å². The van der Waals surface area contributed by atoms with Crippen LogP contribution in [0.1, 0.15) is 23.1 Å². The Balaban J connectivity index is 1.71. The first-order chi connectivity index (χ1) is 11.7. The van der Waals surface area contributed by atoms with Gasteiger partial charge in [-0.05, 0) is 30.0 Å². The van der Waals surface area contributed by atoms with Gasteiger partial charge in [0.2, 0.25) is 0 Å². The Kier molecular flexibility index (Phi) is 4.74. The van der Waals surface area contributed by atoms with Gasteiger partial charge in [-0.1, -0.05) is 48.6 Å². The molecular formula is C19H20N2O3. The van der Waals surface area contributed by atoms with Gasteiger partial charge in [-0.2, -0.15) is 0 Å². The monoisotopic (exact) mass is 324 g/mol. The van der Waals surface area contributed by atoms with Gasteiger partial charge in [-0.25, -0.2) is 0 Å². The maximum Gasteiger partial charge on any atom is 0.276 e. The molecule has 0 saturated carbocycles. The van der Waals surface area contributed by atoms with Crippen molar-refractivity contribution in [3.05, 3.63) is 81.4 Å². The first-order valence-electron chi connectivity index (χ1n) is 8.00. The molecule has 2 N–H and O–H groups in total. The highest BCUT2D eigenvalue weighted by molar-refractivity contribution is 5.60. The van der Waals surface area contributed by atoms with Crippen molar-refractivity contribution in [1.82, 2.24) is 5.32 Å². The van der Waals surface area contributed by atoms with E-state index in [1.807, 2.05) is 18.2 Å². The molecule has 0 amide bonds. The van der Waals surface area contributed by atoms with Gasteiger partial charge in [0.1, 0.15) is 0 Å². The summed E-state index contributed by atoms with van der Waals surface area (Å²) in [6.45, 7) is 0.560. The molecule has 1 atom stereocenters. The molecule has 0 bridgehead atoms. The Labute approximate surface area is 140 Å². The van der Waals surface area contributed by atoms with Crippen molar-refractivity contribution in [1.29, 1.82) is 0 Å². The highest BCUT2D eigenvalue weighted by Crippen LogP contribution is 2.36. The van der Waals surface area contributed by atoms with E-state index in [0.29, 0.717) is 12.1 Å². The molecule has 2 aromatic carbocycles. The number of nitrogens with one attached hydrogen (secondary N) is 1. The van der Waals surface area contributed by atoms with Gasteiger partial charge in [-0.15, -0.1) is 0 Å². The second kappa shape index (κ2) is 6.95. The van der Waals surface area contributed by atoms with E-state index in [9.17, 15) is 15.2 Å². The lowest BCUT2D eigenvalue weighted by atomic mass is 9.92. The zero-order valence-electron chi connectivity index (χ0n) is 13.3. The highest BCUT2D eigenvalue weighted by Gasteiger charge is 2.37. The summed E-state index contributed by atoms with van der Waals surface area (Å²) in [4.78, 5) is 10.6. The molecular weight excluding hydrogens is 304 g/mol. The summed E-state index contributed by atoms with van der Waals surface area (Å²) in [7, 11) is 0. The third-order valence-corrected chi connectivity index (χ3v) is 4.61. The van der Waals surface area contributed by atoms with Crippen LogP contribution < -0.4 is 5.32 Å². The van der Waals surface area contributed by atoms with Gasteiger partial charge >= 0.3 is 0 Å². The number of aliphatic hydroxyl groups is 1. The summed E-state index contributed by atoms with van der Waals surface area (Å²) in [5.74, 6) is 0. The fraction of sp³-hybridized carbons (Fsp3) is 0.263.